The molecule has 12 heavy (non-hydrogen) atoms. The van der Waals surface area contributed by atoms with E-state index < -0.39 is 0 Å². The quantitative estimate of drug-likeness (QED) is 0.621. The van der Waals surface area contributed by atoms with Crippen molar-refractivity contribution in [3.63, 3.8) is 0 Å². The minimum atomic E-state index is -0.279. The Morgan fingerprint density at radius 1 is 1.25 bits per heavy atom. The van der Waals surface area contributed by atoms with Crippen molar-refractivity contribution in [2.24, 2.45) is 5.73 Å². The number of benzene rings is 1. The lowest BCUT2D eigenvalue weighted by Gasteiger charge is -2.19. The molecule has 0 atom stereocenters. The molecule has 0 amide bonds. The number of rotatable bonds is 1. The van der Waals surface area contributed by atoms with Crippen molar-refractivity contribution in [1.29, 1.82) is 0 Å². The lowest BCUT2D eigenvalue weighted by atomic mass is 9.94. The first-order chi connectivity index (χ1) is 5.41. The zero-order chi connectivity index (χ0) is 9.35. The third-order valence-corrected chi connectivity index (χ3v) is 2.01. The van der Waals surface area contributed by atoms with Crippen molar-refractivity contribution >= 4 is 5.69 Å². The van der Waals surface area contributed by atoms with Crippen molar-refractivity contribution in [3.05, 3.63) is 29.3 Å². The second-order valence-electron chi connectivity index (χ2n) is 3.79. The number of nitrogen functional groups attached to an aromatic ring is 1. The molecule has 0 saturated carbocycles. The van der Waals surface area contributed by atoms with Crippen molar-refractivity contribution in [2.45, 2.75) is 26.3 Å². The van der Waals surface area contributed by atoms with E-state index in [2.05, 4.69) is 0 Å². The summed E-state index contributed by atoms with van der Waals surface area (Å²) in [6.45, 7) is 5.96. The van der Waals surface area contributed by atoms with Crippen LogP contribution in [-0.2, 0) is 5.54 Å². The standard InChI is InChI=1S/C10H16N2/c1-7-6-8(10(2,3)12)4-5-9(7)11/h4-6H,11-12H2,1-3H3. The number of hydrogen-bond donors (Lipinski definition) is 2. The lowest BCUT2D eigenvalue weighted by Crippen LogP contribution is -2.28. The van der Waals surface area contributed by atoms with Crippen molar-refractivity contribution in [2.75, 3.05) is 5.73 Å². The number of nitrogens with two attached hydrogens (primary N) is 2. The zero-order valence-corrected chi connectivity index (χ0v) is 7.89. The smallest absolute Gasteiger partial charge is 0.0352 e. The van der Waals surface area contributed by atoms with E-state index in [1.165, 1.54) is 0 Å². The van der Waals surface area contributed by atoms with E-state index in [1.807, 2.05) is 39.0 Å². The van der Waals surface area contributed by atoms with Crippen LogP contribution in [0.4, 0.5) is 5.69 Å². The monoisotopic (exact) mass is 164 g/mol. The first kappa shape index (κ1) is 9.07. The van der Waals surface area contributed by atoms with E-state index in [9.17, 15) is 0 Å². The summed E-state index contributed by atoms with van der Waals surface area (Å²) in [5.41, 5.74) is 14.4. The van der Waals surface area contributed by atoms with Gasteiger partial charge in [0, 0.05) is 11.2 Å². The van der Waals surface area contributed by atoms with Gasteiger partial charge < -0.3 is 11.5 Å². The maximum Gasteiger partial charge on any atom is 0.0352 e. The molecule has 0 aliphatic rings. The van der Waals surface area contributed by atoms with Gasteiger partial charge in [0.25, 0.3) is 0 Å². The van der Waals surface area contributed by atoms with Gasteiger partial charge in [0.05, 0.1) is 0 Å². The Morgan fingerprint density at radius 2 is 1.83 bits per heavy atom. The summed E-state index contributed by atoms with van der Waals surface area (Å²) in [5, 5.41) is 0. The Bertz CT molecular complexity index is 284. The van der Waals surface area contributed by atoms with Crippen LogP contribution in [0.5, 0.6) is 0 Å². The molecule has 0 aromatic heterocycles. The van der Waals surface area contributed by atoms with Gasteiger partial charge in [-0.05, 0) is 38.0 Å². The van der Waals surface area contributed by atoms with Crippen LogP contribution in [0.2, 0.25) is 0 Å². The average Bonchev–Trinajstić information content (AvgIpc) is 1.92. The van der Waals surface area contributed by atoms with Gasteiger partial charge in [-0.15, -0.1) is 0 Å². The fourth-order valence-electron chi connectivity index (χ4n) is 1.08. The van der Waals surface area contributed by atoms with Gasteiger partial charge in [-0.1, -0.05) is 12.1 Å². The third kappa shape index (κ3) is 1.77. The van der Waals surface area contributed by atoms with Gasteiger partial charge in [-0.3, -0.25) is 0 Å². The highest BCUT2D eigenvalue weighted by atomic mass is 14.7. The molecular formula is C10H16N2. The van der Waals surface area contributed by atoms with Gasteiger partial charge in [-0.2, -0.15) is 0 Å². The molecule has 2 heteroatoms. The predicted octanol–water partition coefficient (Wildman–Crippen LogP) is 1.77. The van der Waals surface area contributed by atoms with Crippen LogP contribution in [0.1, 0.15) is 25.0 Å². The fourth-order valence-corrected chi connectivity index (χ4v) is 1.08. The summed E-state index contributed by atoms with van der Waals surface area (Å²) >= 11 is 0. The molecule has 0 heterocycles. The summed E-state index contributed by atoms with van der Waals surface area (Å²) in [6, 6.07) is 5.91. The predicted molar refractivity (Wildman–Crippen MR) is 52.8 cm³/mol. The molecular weight excluding hydrogens is 148 g/mol. The molecule has 2 nitrogen and oxygen atoms in total. The van der Waals surface area contributed by atoms with Gasteiger partial charge in [-0.25, -0.2) is 0 Å². The third-order valence-electron chi connectivity index (χ3n) is 2.01. The highest BCUT2D eigenvalue weighted by Gasteiger charge is 2.13. The van der Waals surface area contributed by atoms with Crippen LogP contribution < -0.4 is 11.5 Å². The average molecular weight is 164 g/mol. The van der Waals surface area contributed by atoms with Crippen LogP contribution in [0.25, 0.3) is 0 Å². The number of anilines is 1. The van der Waals surface area contributed by atoms with E-state index >= 15 is 0 Å². The van der Waals surface area contributed by atoms with Crippen molar-refractivity contribution in [1.82, 2.24) is 0 Å². The fraction of sp³-hybridized carbons (Fsp3) is 0.400. The van der Waals surface area contributed by atoms with Crippen molar-refractivity contribution < 1.29 is 0 Å². The van der Waals surface area contributed by atoms with E-state index in [-0.39, 0.29) is 5.54 Å². The summed E-state index contributed by atoms with van der Waals surface area (Å²) in [7, 11) is 0. The number of hydrogen-bond acceptors (Lipinski definition) is 2. The summed E-state index contributed by atoms with van der Waals surface area (Å²) in [5.74, 6) is 0. The summed E-state index contributed by atoms with van der Waals surface area (Å²) in [6.07, 6.45) is 0. The Labute approximate surface area is 73.6 Å². The highest BCUT2D eigenvalue weighted by molar-refractivity contribution is 5.48. The van der Waals surface area contributed by atoms with E-state index in [1.54, 1.807) is 0 Å². The molecule has 66 valence electrons. The van der Waals surface area contributed by atoms with Crippen LogP contribution in [0, 0.1) is 6.92 Å². The summed E-state index contributed by atoms with van der Waals surface area (Å²) < 4.78 is 0. The van der Waals surface area contributed by atoms with Gasteiger partial charge in [0.1, 0.15) is 0 Å². The first-order valence-electron chi connectivity index (χ1n) is 4.07. The van der Waals surface area contributed by atoms with Crippen LogP contribution >= 0.6 is 0 Å². The molecule has 0 fully saturated rings. The lowest BCUT2D eigenvalue weighted by molar-refractivity contribution is 0.554. The van der Waals surface area contributed by atoms with Gasteiger partial charge in [0.2, 0.25) is 0 Å². The topological polar surface area (TPSA) is 52.0 Å². The van der Waals surface area contributed by atoms with Crippen LogP contribution in [0.15, 0.2) is 18.2 Å². The second-order valence-corrected chi connectivity index (χ2v) is 3.79. The minimum absolute atomic E-state index is 0.279. The van der Waals surface area contributed by atoms with Gasteiger partial charge >= 0.3 is 0 Å². The molecule has 1 rings (SSSR count). The maximum absolute atomic E-state index is 5.93. The van der Waals surface area contributed by atoms with E-state index in [0.29, 0.717) is 0 Å². The Kier molecular flexibility index (Phi) is 2.11. The van der Waals surface area contributed by atoms with Crippen molar-refractivity contribution in [3.8, 4) is 0 Å². The molecule has 0 aliphatic heterocycles. The Balaban J connectivity index is 3.14. The Hall–Kier alpha value is -1.02. The molecule has 0 aliphatic carbocycles. The highest BCUT2D eigenvalue weighted by Crippen LogP contribution is 2.20. The van der Waals surface area contributed by atoms with Crippen LogP contribution in [-0.4, -0.2) is 0 Å². The molecule has 4 N–H and O–H groups in total. The Morgan fingerprint density at radius 3 is 2.25 bits per heavy atom. The normalized spacial score (nSPS) is 11.7. The summed E-state index contributed by atoms with van der Waals surface area (Å²) in [4.78, 5) is 0. The largest absolute Gasteiger partial charge is 0.399 e. The maximum atomic E-state index is 5.93. The molecule has 0 radical (unpaired) electrons. The molecule has 0 spiro atoms. The zero-order valence-electron chi connectivity index (χ0n) is 7.89. The first-order valence-corrected chi connectivity index (χ1v) is 4.07. The second kappa shape index (κ2) is 2.79. The molecule has 0 unspecified atom stereocenters. The van der Waals surface area contributed by atoms with E-state index in [4.69, 9.17) is 11.5 Å². The van der Waals surface area contributed by atoms with Crippen LogP contribution in [0.3, 0.4) is 0 Å². The SMILES string of the molecule is Cc1cc(C(C)(C)N)ccc1N. The molecule has 0 saturated heterocycles. The minimum Gasteiger partial charge on any atom is -0.399 e. The number of aryl methyl sites for hydroxylation is 1. The van der Waals surface area contributed by atoms with E-state index in [0.717, 1.165) is 16.8 Å². The molecule has 0 bridgehead atoms. The van der Waals surface area contributed by atoms with Gasteiger partial charge in [0.15, 0.2) is 0 Å². The molecule has 1 aromatic rings. The molecule has 1 aromatic carbocycles.